The molecule has 2 aromatic heterocycles. The predicted octanol–water partition coefficient (Wildman–Crippen LogP) is 6.34. The summed E-state index contributed by atoms with van der Waals surface area (Å²) >= 11 is 5.91. The number of thiocarbonyl (C=S) groups is 1. The predicted molar refractivity (Wildman–Crippen MR) is 149 cm³/mol. The van der Waals surface area contributed by atoms with E-state index in [2.05, 4.69) is 56.3 Å². The Morgan fingerprint density at radius 2 is 1.86 bits per heavy atom. The lowest BCUT2D eigenvalue weighted by molar-refractivity contribution is 0.0961. The molecule has 188 valence electrons. The van der Waals surface area contributed by atoms with Crippen molar-refractivity contribution in [2.45, 2.75) is 44.5 Å². The van der Waals surface area contributed by atoms with E-state index in [1.54, 1.807) is 0 Å². The zero-order valence-electron chi connectivity index (χ0n) is 20.8. The molecule has 1 N–H and O–H groups in total. The van der Waals surface area contributed by atoms with E-state index in [4.69, 9.17) is 21.7 Å². The second-order valence-electron chi connectivity index (χ2n) is 9.58. The van der Waals surface area contributed by atoms with Crippen molar-refractivity contribution in [3.8, 4) is 11.5 Å². The van der Waals surface area contributed by atoms with Gasteiger partial charge in [-0.05, 0) is 92.1 Å². The smallest absolute Gasteiger partial charge is 0.174 e. The second kappa shape index (κ2) is 10.4. The van der Waals surface area contributed by atoms with Crippen molar-refractivity contribution in [2.24, 2.45) is 0 Å². The number of para-hydroxylation sites is 1. The Balaban J connectivity index is 1.34. The fourth-order valence-electron chi connectivity index (χ4n) is 5.28. The van der Waals surface area contributed by atoms with Crippen molar-refractivity contribution >= 4 is 23.0 Å². The van der Waals surface area contributed by atoms with Crippen molar-refractivity contribution in [1.29, 1.82) is 0 Å². The Morgan fingerprint density at radius 3 is 2.62 bits per heavy atom. The molecule has 7 heteroatoms. The van der Waals surface area contributed by atoms with Crippen LogP contribution >= 0.6 is 12.2 Å². The summed E-state index contributed by atoms with van der Waals surface area (Å²) < 4.78 is 14.4. The minimum absolute atomic E-state index is 0.0676. The summed E-state index contributed by atoms with van der Waals surface area (Å²) in [6.07, 6.45) is 6.44. The van der Waals surface area contributed by atoms with Crippen LogP contribution in [0.25, 0.3) is 0 Å². The number of hydrogen-bond donors (Lipinski definition) is 1. The summed E-state index contributed by atoms with van der Waals surface area (Å²) in [6.45, 7) is 3.72. The monoisotopic (exact) mass is 510 g/mol. The van der Waals surface area contributed by atoms with E-state index in [9.17, 15) is 0 Å². The normalized spacial score (nSPS) is 21.3. The average molecular weight is 511 g/mol. The molecular formula is C30H30N4O2S. The fourth-order valence-corrected chi connectivity index (χ4v) is 5.62. The fraction of sp³-hybridized carbons (Fsp3) is 0.267. The Kier molecular flexibility index (Phi) is 6.64. The van der Waals surface area contributed by atoms with Gasteiger partial charge in [-0.3, -0.25) is 4.98 Å². The topological polar surface area (TPSA) is 51.5 Å². The molecule has 4 aromatic rings. The van der Waals surface area contributed by atoms with Crippen LogP contribution in [0.1, 0.15) is 41.9 Å². The maximum atomic E-state index is 6.14. The van der Waals surface area contributed by atoms with Crippen LogP contribution < -0.4 is 15.0 Å². The van der Waals surface area contributed by atoms with E-state index in [1.165, 1.54) is 5.69 Å². The van der Waals surface area contributed by atoms with Gasteiger partial charge in [0.05, 0.1) is 17.8 Å². The highest BCUT2D eigenvalue weighted by molar-refractivity contribution is 7.80. The Labute approximate surface area is 222 Å². The lowest BCUT2D eigenvalue weighted by atomic mass is 10.0. The number of aryl methyl sites for hydroxylation is 1. The number of benzene rings is 2. The van der Waals surface area contributed by atoms with Gasteiger partial charge in [-0.15, -0.1) is 0 Å². The first-order valence-electron chi connectivity index (χ1n) is 12.8. The number of nitrogens with zero attached hydrogens (tertiary/aromatic N) is 3. The third-order valence-electron chi connectivity index (χ3n) is 7.13. The van der Waals surface area contributed by atoms with Crippen molar-refractivity contribution in [1.82, 2.24) is 14.9 Å². The minimum atomic E-state index is -0.0882. The van der Waals surface area contributed by atoms with Crippen LogP contribution in [0.2, 0.25) is 0 Å². The minimum Gasteiger partial charge on any atom is -0.457 e. The molecule has 0 amide bonds. The second-order valence-corrected chi connectivity index (χ2v) is 9.97. The number of rotatable bonds is 7. The van der Waals surface area contributed by atoms with Gasteiger partial charge in [0.2, 0.25) is 0 Å². The summed E-state index contributed by atoms with van der Waals surface area (Å²) in [4.78, 5) is 6.88. The number of pyridine rings is 1. The first kappa shape index (κ1) is 23.7. The van der Waals surface area contributed by atoms with Crippen LogP contribution in [-0.4, -0.2) is 27.4 Å². The van der Waals surface area contributed by atoms with Gasteiger partial charge in [0.15, 0.2) is 5.11 Å². The maximum absolute atomic E-state index is 6.14. The SMILES string of the molecule is Cc1ccccc1Oc1ccc(N2C(=S)NC(c3ccccn3)C2c2cccn2CC2CCCO2)cc1. The van der Waals surface area contributed by atoms with Gasteiger partial charge in [-0.25, -0.2) is 0 Å². The van der Waals surface area contributed by atoms with Gasteiger partial charge in [0.25, 0.3) is 0 Å². The highest BCUT2D eigenvalue weighted by Crippen LogP contribution is 2.42. The molecule has 0 spiro atoms. The molecule has 4 heterocycles. The van der Waals surface area contributed by atoms with E-state index < -0.39 is 0 Å². The van der Waals surface area contributed by atoms with Crippen molar-refractivity contribution in [3.05, 3.63) is 108 Å². The molecule has 0 radical (unpaired) electrons. The summed E-state index contributed by atoms with van der Waals surface area (Å²) in [5.41, 5.74) is 4.24. The lowest BCUT2D eigenvalue weighted by Gasteiger charge is -2.29. The zero-order valence-corrected chi connectivity index (χ0v) is 21.6. The average Bonchev–Trinajstić information content (AvgIpc) is 3.67. The van der Waals surface area contributed by atoms with Crippen LogP contribution in [0, 0.1) is 6.92 Å². The molecule has 2 aliphatic rings. The number of hydrogen-bond acceptors (Lipinski definition) is 4. The summed E-state index contributed by atoms with van der Waals surface area (Å²) in [5, 5.41) is 4.24. The molecular weight excluding hydrogens is 480 g/mol. The van der Waals surface area contributed by atoms with Gasteiger partial charge in [-0.2, -0.15) is 0 Å². The highest BCUT2D eigenvalue weighted by atomic mass is 32.1. The summed E-state index contributed by atoms with van der Waals surface area (Å²) in [6, 6.07) is 26.3. The van der Waals surface area contributed by atoms with Gasteiger partial charge < -0.3 is 24.3 Å². The van der Waals surface area contributed by atoms with Crippen molar-refractivity contribution in [2.75, 3.05) is 11.5 Å². The highest BCUT2D eigenvalue weighted by Gasteiger charge is 2.42. The Hall–Kier alpha value is -3.68. The quantitative estimate of drug-likeness (QED) is 0.293. The molecule has 3 unspecified atom stereocenters. The van der Waals surface area contributed by atoms with Crippen LogP contribution in [0.4, 0.5) is 5.69 Å². The molecule has 6 nitrogen and oxygen atoms in total. The van der Waals surface area contributed by atoms with Crippen molar-refractivity contribution < 1.29 is 9.47 Å². The largest absolute Gasteiger partial charge is 0.457 e. The number of anilines is 1. The van der Waals surface area contributed by atoms with Gasteiger partial charge in [0, 0.05) is 36.9 Å². The maximum Gasteiger partial charge on any atom is 0.174 e. The third-order valence-corrected chi connectivity index (χ3v) is 7.44. The molecule has 0 aliphatic carbocycles. The molecule has 37 heavy (non-hydrogen) atoms. The molecule has 0 bridgehead atoms. The molecule has 2 saturated heterocycles. The van der Waals surface area contributed by atoms with E-state index in [-0.39, 0.29) is 18.2 Å². The standard InChI is InChI=1S/C30H30N4O2S/c1-21-8-2-3-12-27(21)36-23-15-13-22(14-16-23)34-29(28(32-30(34)37)25-10-4-5-17-31-25)26-11-6-18-33(26)20-24-9-7-19-35-24/h2-6,8,10-18,24,28-29H,7,9,19-20H2,1H3,(H,32,37). The van der Waals surface area contributed by atoms with E-state index >= 15 is 0 Å². The molecule has 2 aliphatic heterocycles. The van der Waals surface area contributed by atoms with Crippen molar-refractivity contribution in [3.63, 3.8) is 0 Å². The van der Waals surface area contributed by atoms with Gasteiger partial charge in [-0.1, -0.05) is 24.3 Å². The lowest BCUT2D eigenvalue weighted by Crippen LogP contribution is -2.31. The van der Waals surface area contributed by atoms with Gasteiger partial charge in [0.1, 0.15) is 17.5 Å². The molecule has 3 atom stereocenters. The van der Waals surface area contributed by atoms with Crippen LogP contribution in [-0.2, 0) is 11.3 Å². The molecule has 6 rings (SSSR count). The zero-order chi connectivity index (χ0) is 25.2. The van der Waals surface area contributed by atoms with E-state index in [0.717, 1.165) is 54.4 Å². The van der Waals surface area contributed by atoms with E-state index in [0.29, 0.717) is 5.11 Å². The Bertz CT molecular complexity index is 1370. The molecule has 0 saturated carbocycles. The van der Waals surface area contributed by atoms with Crippen LogP contribution in [0.15, 0.2) is 91.3 Å². The molecule has 2 aromatic carbocycles. The van der Waals surface area contributed by atoms with Crippen LogP contribution in [0.3, 0.4) is 0 Å². The van der Waals surface area contributed by atoms with Gasteiger partial charge >= 0.3 is 0 Å². The van der Waals surface area contributed by atoms with Crippen LogP contribution in [0.5, 0.6) is 11.5 Å². The third kappa shape index (κ3) is 4.84. The first-order chi connectivity index (χ1) is 18.2. The van der Waals surface area contributed by atoms with E-state index in [1.807, 2.05) is 61.7 Å². The summed E-state index contributed by atoms with van der Waals surface area (Å²) in [5.74, 6) is 1.64. The summed E-state index contributed by atoms with van der Waals surface area (Å²) in [7, 11) is 0. The number of ether oxygens (including phenoxy) is 2. The number of aromatic nitrogens is 2. The first-order valence-corrected chi connectivity index (χ1v) is 13.2. The Morgan fingerprint density at radius 1 is 1.03 bits per heavy atom. The molecule has 2 fully saturated rings. The number of nitrogens with one attached hydrogen (secondary N) is 1.